The van der Waals surface area contributed by atoms with Gasteiger partial charge in [-0.25, -0.2) is 8.42 Å². The molecule has 1 heterocycles. The third-order valence-corrected chi connectivity index (χ3v) is 7.25. The van der Waals surface area contributed by atoms with Crippen molar-refractivity contribution in [2.45, 2.75) is 36.7 Å². The van der Waals surface area contributed by atoms with Crippen molar-refractivity contribution >= 4 is 27.5 Å². The number of sulfonamides is 1. The molecule has 0 fully saturated rings. The molecule has 3 N–H and O–H groups in total. The van der Waals surface area contributed by atoms with Gasteiger partial charge in [0.25, 0.3) is 0 Å². The van der Waals surface area contributed by atoms with E-state index in [-0.39, 0.29) is 23.8 Å². The lowest BCUT2D eigenvalue weighted by atomic mass is 10.0. The molecule has 3 aromatic rings. The molecule has 9 heteroatoms. The first kappa shape index (κ1) is 24.4. The zero-order valence-corrected chi connectivity index (χ0v) is 20.1. The van der Waals surface area contributed by atoms with E-state index >= 15 is 0 Å². The fraction of sp³-hybridized carbons (Fsp3) is 0.231. The Balaban J connectivity index is 1.53. The molecule has 8 nitrogen and oxygen atoms in total. The van der Waals surface area contributed by atoms with Gasteiger partial charge in [-0.05, 0) is 59.9 Å². The Bertz CT molecular complexity index is 1330. The molecule has 1 aliphatic rings. The summed E-state index contributed by atoms with van der Waals surface area (Å²) in [5.74, 6) is 0.134. The second kappa shape index (κ2) is 10.7. The number of fused-ring (bicyclic) bond motifs is 1. The third-order valence-electron chi connectivity index (χ3n) is 5.78. The molecule has 1 unspecified atom stereocenters. The van der Waals surface area contributed by atoms with Crippen molar-refractivity contribution in [1.29, 1.82) is 0 Å². The number of methoxy groups -OCH3 is 1. The summed E-state index contributed by atoms with van der Waals surface area (Å²) in [4.78, 5) is 24.8. The van der Waals surface area contributed by atoms with Crippen LogP contribution in [-0.2, 0) is 39.0 Å². The van der Waals surface area contributed by atoms with Gasteiger partial charge in [-0.15, -0.1) is 0 Å². The van der Waals surface area contributed by atoms with Crippen LogP contribution in [0.5, 0.6) is 5.75 Å². The molecule has 0 spiro atoms. The molecule has 35 heavy (non-hydrogen) atoms. The van der Waals surface area contributed by atoms with Crippen molar-refractivity contribution in [2.75, 3.05) is 12.4 Å². The lowest BCUT2D eigenvalue weighted by Gasteiger charge is -2.21. The van der Waals surface area contributed by atoms with Crippen molar-refractivity contribution in [3.63, 3.8) is 0 Å². The van der Waals surface area contributed by atoms with E-state index in [1.165, 1.54) is 6.07 Å². The van der Waals surface area contributed by atoms with Crippen LogP contribution in [-0.4, -0.2) is 33.4 Å². The van der Waals surface area contributed by atoms with Crippen LogP contribution < -0.4 is 20.1 Å². The first-order valence-corrected chi connectivity index (χ1v) is 12.7. The summed E-state index contributed by atoms with van der Waals surface area (Å²) < 4.78 is 34.3. The maximum atomic E-state index is 13.3. The van der Waals surface area contributed by atoms with Gasteiger partial charge in [0.15, 0.2) is 0 Å². The minimum absolute atomic E-state index is 0.0473. The van der Waals surface area contributed by atoms with Gasteiger partial charge >= 0.3 is 0 Å². The minimum Gasteiger partial charge on any atom is -0.497 e. The predicted octanol–water partition coefficient (Wildman–Crippen LogP) is 2.79. The summed E-state index contributed by atoms with van der Waals surface area (Å²) in [6.07, 6.45) is 0.942. The summed E-state index contributed by atoms with van der Waals surface area (Å²) in [5, 5.41) is 5.57. The van der Waals surface area contributed by atoms with Crippen LogP contribution in [0.2, 0.25) is 0 Å². The molecule has 0 saturated carbocycles. The Kier molecular flexibility index (Phi) is 7.48. The van der Waals surface area contributed by atoms with E-state index in [4.69, 9.17) is 4.74 Å². The second-order valence-electron chi connectivity index (χ2n) is 8.30. The number of anilines is 1. The number of amides is 2. The van der Waals surface area contributed by atoms with Gasteiger partial charge in [0.05, 0.1) is 12.0 Å². The van der Waals surface area contributed by atoms with E-state index in [0.717, 1.165) is 16.7 Å². The van der Waals surface area contributed by atoms with Gasteiger partial charge in [-0.3, -0.25) is 9.59 Å². The highest BCUT2D eigenvalue weighted by atomic mass is 32.2. The maximum Gasteiger partial charge on any atom is 0.241 e. The van der Waals surface area contributed by atoms with Gasteiger partial charge in [0, 0.05) is 18.7 Å². The number of benzene rings is 3. The molecule has 0 aliphatic carbocycles. The number of hydrogen-bond acceptors (Lipinski definition) is 5. The van der Waals surface area contributed by atoms with E-state index in [9.17, 15) is 18.0 Å². The number of carbonyl (C=O) groups is 2. The highest BCUT2D eigenvalue weighted by molar-refractivity contribution is 7.89. The zero-order valence-electron chi connectivity index (χ0n) is 19.3. The Morgan fingerprint density at radius 3 is 2.54 bits per heavy atom. The Morgan fingerprint density at radius 1 is 1.00 bits per heavy atom. The number of rotatable bonds is 9. The van der Waals surface area contributed by atoms with Crippen molar-refractivity contribution < 1.29 is 22.7 Å². The quantitative estimate of drug-likeness (QED) is 0.424. The van der Waals surface area contributed by atoms with Gasteiger partial charge in [-0.1, -0.05) is 42.5 Å². The van der Waals surface area contributed by atoms with Crippen molar-refractivity contribution in [2.24, 2.45) is 0 Å². The zero-order chi connectivity index (χ0) is 24.8. The van der Waals surface area contributed by atoms with Gasteiger partial charge in [0.2, 0.25) is 21.8 Å². The van der Waals surface area contributed by atoms with E-state index in [1.54, 1.807) is 19.2 Å². The molecule has 0 saturated heterocycles. The summed E-state index contributed by atoms with van der Waals surface area (Å²) in [6.45, 7) is 0.224. The van der Waals surface area contributed by atoms with Crippen molar-refractivity contribution in [3.05, 3.63) is 89.5 Å². The molecule has 2 amide bonds. The maximum absolute atomic E-state index is 13.3. The summed E-state index contributed by atoms with van der Waals surface area (Å²) in [6, 6.07) is 20.1. The lowest BCUT2D eigenvalue weighted by molar-refractivity contribution is -0.123. The smallest absolute Gasteiger partial charge is 0.241 e. The van der Waals surface area contributed by atoms with Crippen LogP contribution in [0.25, 0.3) is 0 Å². The fourth-order valence-corrected chi connectivity index (χ4v) is 5.16. The summed E-state index contributed by atoms with van der Waals surface area (Å²) in [7, 11) is -2.44. The Morgan fingerprint density at radius 2 is 1.77 bits per heavy atom. The topological polar surface area (TPSA) is 114 Å². The first-order valence-electron chi connectivity index (χ1n) is 11.2. The molecular weight excluding hydrogens is 466 g/mol. The largest absolute Gasteiger partial charge is 0.497 e. The predicted molar refractivity (Wildman–Crippen MR) is 132 cm³/mol. The molecule has 1 atom stereocenters. The number of aryl methyl sites for hydroxylation is 1. The molecule has 0 bridgehead atoms. The van der Waals surface area contributed by atoms with Crippen LogP contribution in [0, 0.1) is 0 Å². The standard InChI is InChI=1S/C26H27N3O5S/c1-34-21-9-5-8-19(14-21)17-27-26(31)24(15-18-6-3-2-4-7-18)29-35(32,33)22-11-12-23-20(16-22)10-13-25(30)28-23/h2-9,11-12,14,16,24,29H,10,13,15,17H2,1H3,(H,27,31)(H,28,30). The third kappa shape index (κ3) is 6.26. The average molecular weight is 494 g/mol. The van der Waals surface area contributed by atoms with E-state index in [2.05, 4.69) is 15.4 Å². The summed E-state index contributed by atoms with van der Waals surface area (Å²) >= 11 is 0. The van der Waals surface area contributed by atoms with Gasteiger partial charge < -0.3 is 15.4 Å². The monoisotopic (exact) mass is 493 g/mol. The van der Waals surface area contributed by atoms with E-state index < -0.39 is 22.0 Å². The number of carbonyl (C=O) groups excluding carboxylic acids is 2. The van der Waals surface area contributed by atoms with Gasteiger partial charge in [0.1, 0.15) is 11.8 Å². The number of nitrogens with one attached hydrogen (secondary N) is 3. The second-order valence-corrected chi connectivity index (χ2v) is 10.0. The molecule has 0 radical (unpaired) electrons. The highest BCUT2D eigenvalue weighted by Crippen LogP contribution is 2.25. The molecular formula is C26H27N3O5S. The van der Waals surface area contributed by atoms with Crippen molar-refractivity contribution in [1.82, 2.24) is 10.0 Å². The molecule has 1 aliphatic heterocycles. The van der Waals surface area contributed by atoms with Crippen LogP contribution in [0.15, 0.2) is 77.7 Å². The SMILES string of the molecule is COc1cccc(CNC(=O)C(Cc2ccccc2)NS(=O)(=O)c2ccc3c(c2)CCC(=O)N3)c1. The van der Waals surface area contributed by atoms with Crippen LogP contribution in [0.3, 0.4) is 0 Å². The van der Waals surface area contributed by atoms with Gasteiger partial charge in [-0.2, -0.15) is 4.72 Å². The fourth-order valence-electron chi connectivity index (χ4n) is 3.91. The summed E-state index contributed by atoms with van der Waals surface area (Å²) in [5.41, 5.74) is 3.01. The van der Waals surface area contributed by atoms with Crippen LogP contribution in [0.1, 0.15) is 23.1 Å². The average Bonchev–Trinajstić information content (AvgIpc) is 2.87. The normalized spacial score (nSPS) is 13.9. The lowest BCUT2D eigenvalue weighted by Crippen LogP contribution is -2.47. The molecule has 3 aromatic carbocycles. The van der Waals surface area contributed by atoms with Crippen molar-refractivity contribution in [3.8, 4) is 5.75 Å². The highest BCUT2D eigenvalue weighted by Gasteiger charge is 2.27. The molecule has 0 aromatic heterocycles. The molecule has 182 valence electrons. The number of hydrogen-bond donors (Lipinski definition) is 3. The Hall–Kier alpha value is -3.69. The van der Waals surface area contributed by atoms with Crippen LogP contribution >= 0.6 is 0 Å². The number of ether oxygens (including phenoxy) is 1. The first-order chi connectivity index (χ1) is 16.8. The molecule has 4 rings (SSSR count). The van der Waals surface area contributed by atoms with E-state index in [1.807, 2.05) is 54.6 Å². The Labute approximate surface area is 204 Å². The van der Waals surface area contributed by atoms with E-state index in [0.29, 0.717) is 24.3 Å². The van der Waals surface area contributed by atoms with Crippen LogP contribution in [0.4, 0.5) is 5.69 Å². The minimum atomic E-state index is -4.01.